The molecule has 0 aliphatic carbocycles. The molecule has 1 rings (SSSR count). The molecule has 0 saturated carbocycles. The molecular weight excluding hydrogens is 256 g/mol. The van der Waals surface area contributed by atoms with Crippen molar-refractivity contribution in [2.45, 2.75) is 19.5 Å². The van der Waals surface area contributed by atoms with Crippen LogP contribution >= 0.6 is 0 Å². The molecule has 0 heterocycles. The molecule has 1 aromatic rings. The summed E-state index contributed by atoms with van der Waals surface area (Å²) in [5.41, 5.74) is 0.995. The quantitative estimate of drug-likeness (QED) is 0.550. The summed E-state index contributed by atoms with van der Waals surface area (Å²) in [6.07, 6.45) is 1.59. The average molecular weight is 276 g/mol. The second-order valence-corrected chi connectivity index (χ2v) is 4.28. The summed E-state index contributed by atoms with van der Waals surface area (Å²) in [7, 11) is 0. The number of rotatable bonds is 8. The maximum absolute atomic E-state index is 12.0. The van der Waals surface area contributed by atoms with E-state index in [-0.39, 0.29) is 18.4 Å². The molecule has 1 unspecified atom stereocenters. The van der Waals surface area contributed by atoms with Gasteiger partial charge in [-0.25, -0.2) is 0 Å². The van der Waals surface area contributed by atoms with Crippen LogP contribution in [0.3, 0.4) is 0 Å². The molecule has 0 saturated heterocycles. The van der Waals surface area contributed by atoms with Gasteiger partial charge >= 0.3 is 0 Å². The molecule has 0 spiro atoms. The van der Waals surface area contributed by atoms with Crippen LogP contribution in [0.2, 0.25) is 0 Å². The fourth-order valence-corrected chi connectivity index (χ4v) is 1.61. The maximum atomic E-state index is 12.0. The van der Waals surface area contributed by atoms with Crippen molar-refractivity contribution in [1.29, 1.82) is 0 Å². The minimum absolute atomic E-state index is 0.117. The van der Waals surface area contributed by atoms with Gasteiger partial charge in [-0.05, 0) is 5.56 Å². The highest BCUT2D eigenvalue weighted by atomic mass is 16.5. The van der Waals surface area contributed by atoms with Crippen LogP contribution < -0.4 is 10.6 Å². The average Bonchev–Trinajstić information content (AvgIpc) is 2.44. The fraction of sp³-hybridized carbons (Fsp3) is 0.333. The first kappa shape index (κ1) is 15.9. The van der Waals surface area contributed by atoms with Crippen molar-refractivity contribution in [2.75, 3.05) is 13.2 Å². The van der Waals surface area contributed by atoms with Crippen LogP contribution in [-0.4, -0.2) is 31.1 Å². The lowest BCUT2D eigenvalue weighted by atomic mass is 10.2. The molecule has 108 valence electrons. The lowest BCUT2D eigenvalue weighted by Gasteiger charge is -2.17. The number of hydrogen-bond acceptors (Lipinski definition) is 3. The Balaban J connectivity index is 2.49. The van der Waals surface area contributed by atoms with Crippen LogP contribution in [-0.2, 0) is 20.9 Å². The van der Waals surface area contributed by atoms with E-state index in [0.717, 1.165) is 5.56 Å². The van der Waals surface area contributed by atoms with Gasteiger partial charge in [-0.3, -0.25) is 9.59 Å². The van der Waals surface area contributed by atoms with Gasteiger partial charge in [0, 0.05) is 13.5 Å². The van der Waals surface area contributed by atoms with E-state index in [0.29, 0.717) is 13.2 Å². The van der Waals surface area contributed by atoms with Gasteiger partial charge in [0.25, 0.3) is 0 Å². The third kappa shape index (κ3) is 6.15. The first-order valence-corrected chi connectivity index (χ1v) is 6.41. The van der Waals surface area contributed by atoms with Gasteiger partial charge in [0.15, 0.2) is 0 Å². The highest BCUT2D eigenvalue weighted by Gasteiger charge is 2.19. The summed E-state index contributed by atoms with van der Waals surface area (Å²) in [5, 5.41) is 5.34. The van der Waals surface area contributed by atoms with Crippen LogP contribution in [0.25, 0.3) is 0 Å². The van der Waals surface area contributed by atoms with Crippen molar-refractivity contribution in [3.8, 4) is 0 Å². The molecule has 0 radical (unpaired) electrons. The Labute approximate surface area is 119 Å². The van der Waals surface area contributed by atoms with Crippen LogP contribution in [0.1, 0.15) is 12.5 Å². The zero-order valence-corrected chi connectivity index (χ0v) is 11.6. The van der Waals surface area contributed by atoms with Crippen molar-refractivity contribution in [1.82, 2.24) is 10.6 Å². The Morgan fingerprint density at radius 3 is 2.65 bits per heavy atom. The molecule has 0 bridgehead atoms. The number of benzene rings is 1. The van der Waals surface area contributed by atoms with Crippen molar-refractivity contribution in [2.24, 2.45) is 0 Å². The zero-order valence-electron chi connectivity index (χ0n) is 11.6. The van der Waals surface area contributed by atoms with E-state index in [2.05, 4.69) is 17.2 Å². The van der Waals surface area contributed by atoms with Gasteiger partial charge in [-0.2, -0.15) is 0 Å². The number of carbonyl (C=O) groups is 2. The van der Waals surface area contributed by atoms with Crippen LogP contribution in [0, 0.1) is 0 Å². The topological polar surface area (TPSA) is 67.4 Å². The SMILES string of the molecule is C=CCOCC(NC(C)=O)C(=O)NCc1ccccc1. The third-order valence-corrected chi connectivity index (χ3v) is 2.52. The molecular formula is C15H20N2O3. The Morgan fingerprint density at radius 1 is 1.35 bits per heavy atom. The summed E-state index contributed by atoms with van der Waals surface area (Å²) in [6.45, 7) is 5.76. The highest BCUT2D eigenvalue weighted by molar-refractivity contribution is 5.86. The largest absolute Gasteiger partial charge is 0.375 e. The summed E-state index contributed by atoms with van der Waals surface area (Å²) in [6, 6.07) is 8.86. The Morgan fingerprint density at radius 2 is 2.05 bits per heavy atom. The minimum Gasteiger partial charge on any atom is -0.375 e. The monoisotopic (exact) mass is 276 g/mol. The molecule has 2 amide bonds. The highest BCUT2D eigenvalue weighted by Crippen LogP contribution is 1.98. The molecule has 0 fully saturated rings. The number of ether oxygens (including phenoxy) is 1. The number of nitrogens with one attached hydrogen (secondary N) is 2. The molecule has 5 heteroatoms. The van der Waals surface area contributed by atoms with E-state index in [1.54, 1.807) is 6.08 Å². The smallest absolute Gasteiger partial charge is 0.245 e. The molecule has 1 atom stereocenters. The first-order valence-electron chi connectivity index (χ1n) is 6.41. The lowest BCUT2D eigenvalue weighted by Crippen LogP contribution is -2.48. The summed E-state index contributed by atoms with van der Waals surface area (Å²) in [5.74, 6) is -0.542. The van der Waals surface area contributed by atoms with Crippen LogP contribution in [0.15, 0.2) is 43.0 Å². The Bertz CT molecular complexity index is 446. The Kier molecular flexibility index (Phi) is 7.06. The van der Waals surface area contributed by atoms with Crippen molar-refractivity contribution in [3.05, 3.63) is 48.6 Å². The van der Waals surface area contributed by atoms with E-state index < -0.39 is 6.04 Å². The molecule has 0 aliphatic heterocycles. The number of carbonyl (C=O) groups excluding carboxylic acids is 2. The predicted octanol–water partition coefficient (Wildman–Crippen LogP) is 1.01. The van der Waals surface area contributed by atoms with Gasteiger partial charge in [-0.15, -0.1) is 6.58 Å². The van der Waals surface area contributed by atoms with Crippen molar-refractivity contribution >= 4 is 11.8 Å². The second-order valence-electron chi connectivity index (χ2n) is 4.28. The molecule has 0 aromatic heterocycles. The molecule has 0 aliphatic rings. The lowest BCUT2D eigenvalue weighted by molar-refractivity contribution is -0.129. The zero-order chi connectivity index (χ0) is 14.8. The van der Waals surface area contributed by atoms with E-state index in [1.807, 2.05) is 30.3 Å². The van der Waals surface area contributed by atoms with E-state index in [1.165, 1.54) is 6.92 Å². The van der Waals surface area contributed by atoms with Gasteiger partial charge in [-0.1, -0.05) is 36.4 Å². The molecule has 1 aromatic carbocycles. The van der Waals surface area contributed by atoms with Gasteiger partial charge in [0.2, 0.25) is 11.8 Å². The van der Waals surface area contributed by atoms with Crippen LogP contribution in [0.4, 0.5) is 0 Å². The first-order chi connectivity index (χ1) is 9.63. The van der Waals surface area contributed by atoms with Gasteiger partial charge in [0.05, 0.1) is 13.2 Å². The van der Waals surface area contributed by atoms with Crippen molar-refractivity contribution in [3.63, 3.8) is 0 Å². The van der Waals surface area contributed by atoms with E-state index >= 15 is 0 Å². The standard InChI is InChI=1S/C15H20N2O3/c1-3-9-20-11-14(17-12(2)18)15(19)16-10-13-7-5-4-6-8-13/h3-8,14H,1,9-11H2,2H3,(H,16,19)(H,17,18). The second kappa shape index (κ2) is 8.87. The molecule has 20 heavy (non-hydrogen) atoms. The van der Waals surface area contributed by atoms with Crippen molar-refractivity contribution < 1.29 is 14.3 Å². The normalized spacial score (nSPS) is 11.4. The fourth-order valence-electron chi connectivity index (χ4n) is 1.61. The maximum Gasteiger partial charge on any atom is 0.245 e. The third-order valence-electron chi connectivity index (χ3n) is 2.52. The predicted molar refractivity (Wildman–Crippen MR) is 76.9 cm³/mol. The summed E-state index contributed by atoms with van der Waals surface area (Å²) >= 11 is 0. The van der Waals surface area contributed by atoms with E-state index in [4.69, 9.17) is 4.74 Å². The Hall–Kier alpha value is -2.14. The number of hydrogen-bond donors (Lipinski definition) is 2. The molecule has 5 nitrogen and oxygen atoms in total. The van der Waals surface area contributed by atoms with Gasteiger partial charge < -0.3 is 15.4 Å². The molecule has 2 N–H and O–H groups in total. The van der Waals surface area contributed by atoms with E-state index in [9.17, 15) is 9.59 Å². The summed E-state index contributed by atoms with van der Waals surface area (Å²) in [4.78, 5) is 23.1. The summed E-state index contributed by atoms with van der Waals surface area (Å²) < 4.78 is 5.23. The number of amides is 2. The van der Waals surface area contributed by atoms with Gasteiger partial charge in [0.1, 0.15) is 6.04 Å². The van der Waals surface area contributed by atoms with Crippen LogP contribution in [0.5, 0.6) is 0 Å². The minimum atomic E-state index is -0.698.